The number of ether oxygens (including phenoxy) is 2. The van der Waals surface area contributed by atoms with Gasteiger partial charge < -0.3 is 24.0 Å². The van der Waals surface area contributed by atoms with Crippen LogP contribution in [0.25, 0.3) is 11.0 Å². The molecule has 1 aliphatic rings. The van der Waals surface area contributed by atoms with Gasteiger partial charge in [-0.3, -0.25) is 4.79 Å². The Hall–Kier alpha value is -3.84. The number of rotatable bonds is 8. The molecule has 0 saturated carbocycles. The van der Waals surface area contributed by atoms with Gasteiger partial charge in [0.25, 0.3) is 0 Å². The Balaban J connectivity index is 1.35. The van der Waals surface area contributed by atoms with E-state index in [1.807, 2.05) is 88.3 Å². The smallest absolute Gasteiger partial charge is 0.227 e. The molecule has 0 radical (unpaired) electrons. The van der Waals surface area contributed by atoms with Crippen LogP contribution in [0.4, 0.5) is 5.69 Å². The highest BCUT2D eigenvalue weighted by Crippen LogP contribution is 2.33. The van der Waals surface area contributed by atoms with E-state index in [1.165, 1.54) is 0 Å². The lowest BCUT2D eigenvalue weighted by molar-refractivity contribution is -0.117. The van der Waals surface area contributed by atoms with Crippen LogP contribution in [0, 0.1) is 0 Å². The average Bonchev–Trinajstić information content (AvgIpc) is 3.44. The number of benzene rings is 3. The predicted molar refractivity (Wildman–Crippen MR) is 130 cm³/mol. The van der Waals surface area contributed by atoms with E-state index in [1.54, 1.807) is 7.11 Å². The first-order chi connectivity index (χ1) is 16.6. The zero-order valence-electron chi connectivity index (χ0n) is 19.0. The molecule has 174 valence electrons. The topological polar surface area (TPSA) is 76.8 Å². The molecule has 0 spiro atoms. The number of carbonyl (C=O) groups excluding carboxylic acids is 1. The van der Waals surface area contributed by atoms with Gasteiger partial charge in [-0.1, -0.05) is 30.3 Å². The fourth-order valence-corrected chi connectivity index (χ4v) is 4.46. The van der Waals surface area contributed by atoms with Crippen molar-refractivity contribution in [3.05, 3.63) is 84.7 Å². The quantitative estimate of drug-likeness (QED) is 0.433. The van der Waals surface area contributed by atoms with Crippen LogP contribution in [0.2, 0.25) is 0 Å². The largest absolute Gasteiger partial charge is 0.497 e. The molecular formula is C27H27N3O4. The number of imidazole rings is 1. The first kappa shape index (κ1) is 22.0. The number of aliphatic hydroxyl groups is 1. The highest BCUT2D eigenvalue weighted by atomic mass is 16.5. The van der Waals surface area contributed by atoms with E-state index < -0.39 is 6.10 Å². The number of aliphatic hydroxyl groups excluding tert-OH is 1. The number of carbonyl (C=O) groups is 1. The lowest BCUT2D eigenvalue weighted by Crippen LogP contribution is -2.26. The Morgan fingerprint density at radius 1 is 1.00 bits per heavy atom. The van der Waals surface area contributed by atoms with Crippen molar-refractivity contribution in [1.82, 2.24) is 9.55 Å². The lowest BCUT2D eigenvalue weighted by atomic mass is 10.1. The number of aromatic nitrogens is 2. The number of amides is 1. The number of para-hydroxylation sites is 3. The molecule has 1 fully saturated rings. The Morgan fingerprint density at radius 2 is 1.71 bits per heavy atom. The number of hydrogen-bond acceptors (Lipinski definition) is 5. The summed E-state index contributed by atoms with van der Waals surface area (Å²) < 4.78 is 13.0. The van der Waals surface area contributed by atoms with E-state index in [0.29, 0.717) is 25.3 Å². The van der Waals surface area contributed by atoms with Crippen molar-refractivity contribution in [2.75, 3.05) is 25.2 Å². The molecule has 2 heterocycles. The van der Waals surface area contributed by atoms with Gasteiger partial charge in [0.1, 0.15) is 30.0 Å². The van der Waals surface area contributed by atoms with Crippen LogP contribution in [-0.2, 0) is 11.3 Å². The molecular weight excluding hydrogens is 430 g/mol. The fraction of sp³-hybridized carbons (Fsp3) is 0.259. The minimum absolute atomic E-state index is 0.0604. The van der Waals surface area contributed by atoms with Gasteiger partial charge in [0.2, 0.25) is 5.91 Å². The summed E-state index contributed by atoms with van der Waals surface area (Å²) >= 11 is 0. The Kier molecular flexibility index (Phi) is 6.18. The standard InChI is InChI=1S/C27H27N3O4/c1-33-22-11-13-23(14-12-22)34-18-21(31)17-30-25-10-6-5-9-24(25)28-27(30)19-15-26(32)29(16-19)20-7-3-2-4-8-20/h2-14,19,21,31H,15-18H2,1H3/t19-,21+/m0/s1. The summed E-state index contributed by atoms with van der Waals surface area (Å²) in [4.78, 5) is 19.5. The third-order valence-electron chi connectivity index (χ3n) is 6.14. The highest BCUT2D eigenvalue weighted by molar-refractivity contribution is 5.96. The van der Waals surface area contributed by atoms with E-state index in [0.717, 1.165) is 28.3 Å². The van der Waals surface area contributed by atoms with Crippen LogP contribution in [0.15, 0.2) is 78.9 Å². The molecule has 1 N–H and O–H groups in total. The SMILES string of the molecule is COc1ccc(OC[C@H](O)Cn2c([C@H]3CC(=O)N(c4ccccc4)C3)nc3ccccc32)cc1. The maximum atomic E-state index is 12.8. The molecule has 34 heavy (non-hydrogen) atoms. The first-order valence-corrected chi connectivity index (χ1v) is 11.4. The molecule has 0 bridgehead atoms. The maximum Gasteiger partial charge on any atom is 0.227 e. The van der Waals surface area contributed by atoms with E-state index in [-0.39, 0.29) is 18.4 Å². The van der Waals surface area contributed by atoms with Gasteiger partial charge in [-0.25, -0.2) is 4.98 Å². The Labute approximate surface area is 198 Å². The molecule has 3 aromatic carbocycles. The van der Waals surface area contributed by atoms with Crippen LogP contribution in [0.5, 0.6) is 11.5 Å². The van der Waals surface area contributed by atoms with Crippen molar-refractivity contribution >= 4 is 22.6 Å². The molecule has 4 aromatic rings. The van der Waals surface area contributed by atoms with Crippen molar-refractivity contribution in [1.29, 1.82) is 0 Å². The van der Waals surface area contributed by atoms with Gasteiger partial charge in [0.15, 0.2) is 0 Å². The average molecular weight is 458 g/mol. The highest BCUT2D eigenvalue weighted by Gasteiger charge is 2.35. The van der Waals surface area contributed by atoms with Crippen molar-refractivity contribution in [2.45, 2.75) is 25.0 Å². The summed E-state index contributed by atoms with van der Waals surface area (Å²) in [6.07, 6.45) is -0.364. The van der Waals surface area contributed by atoms with Crippen molar-refractivity contribution < 1.29 is 19.4 Å². The molecule has 1 aromatic heterocycles. The summed E-state index contributed by atoms with van der Waals surface area (Å²) in [6, 6.07) is 24.8. The van der Waals surface area contributed by atoms with Crippen LogP contribution in [0.1, 0.15) is 18.2 Å². The second kappa shape index (κ2) is 9.57. The van der Waals surface area contributed by atoms with Gasteiger partial charge >= 0.3 is 0 Å². The van der Waals surface area contributed by atoms with Crippen LogP contribution in [-0.4, -0.2) is 46.9 Å². The Morgan fingerprint density at radius 3 is 2.47 bits per heavy atom. The first-order valence-electron chi connectivity index (χ1n) is 11.4. The van der Waals surface area contributed by atoms with Crippen molar-refractivity contribution in [3.8, 4) is 11.5 Å². The molecule has 0 unspecified atom stereocenters. The molecule has 5 rings (SSSR count). The van der Waals surface area contributed by atoms with Gasteiger partial charge in [-0.05, 0) is 48.5 Å². The normalized spacial score (nSPS) is 16.7. The van der Waals surface area contributed by atoms with Gasteiger partial charge in [-0.2, -0.15) is 0 Å². The minimum atomic E-state index is -0.749. The molecule has 2 atom stereocenters. The monoisotopic (exact) mass is 457 g/mol. The van der Waals surface area contributed by atoms with Crippen molar-refractivity contribution in [3.63, 3.8) is 0 Å². The molecule has 1 amide bonds. The second-order valence-corrected chi connectivity index (χ2v) is 8.45. The van der Waals surface area contributed by atoms with E-state index in [2.05, 4.69) is 0 Å². The third kappa shape index (κ3) is 4.47. The van der Waals surface area contributed by atoms with Crippen LogP contribution in [0.3, 0.4) is 0 Å². The Bertz CT molecular complexity index is 1270. The van der Waals surface area contributed by atoms with Crippen molar-refractivity contribution in [2.24, 2.45) is 0 Å². The molecule has 1 saturated heterocycles. The minimum Gasteiger partial charge on any atom is -0.497 e. The molecule has 1 aliphatic heterocycles. The summed E-state index contributed by atoms with van der Waals surface area (Å²) in [6.45, 7) is 1.02. The predicted octanol–water partition coefficient (Wildman–Crippen LogP) is 4.01. The fourth-order valence-electron chi connectivity index (χ4n) is 4.46. The number of nitrogens with zero attached hydrogens (tertiary/aromatic N) is 3. The summed E-state index contributed by atoms with van der Waals surface area (Å²) in [7, 11) is 1.61. The van der Waals surface area contributed by atoms with Gasteiger partial charge in [0, 0.05) is 24.6 Å². The summed E-state index contributed by atoms with van der Waals surface area (Å²) in [5.41, 5.74) is 2.68. The second-order valence-electron chi connectivity index (χ2n) is 8.45. The summed E-state index contributed by atoms with van der Waals surface area (Å²) in [5, 5.41) is 10.8. The lowest BCUT2D eigenvalue weighted by Gasteiger charge is -2.19. The van der Waals surface area contributed by atoms with E-state index in [4.69, 9.17) is 14.5 Å². The summed E-state index contributed by atoms with van der Waals surface area (Å²) in [5.74, 6) is 2.25. The zero-order chi connectivity index (χ0) is 23.5. The zero-order valence-corrected chi connectivity index (χ0v) is 19.0. The maximum absolute atomic E-state index is 12.8. The molecule has 0 aliphatic carbocycles. The number of hydrogen-bond donors (Lipinski definition) is 1. The van der Waals surface area contributed by atoms with Crippen LogP contribution >= 0.6 is 0 Å². The van der Waals surface area contributed by atoms with Crippen LogP contribution < -0.4 is 14.4 Å². The van der Waals surface area contributed by atoms with Gasteiger partial charge in [-0.15, -0.1) is 0 Å². The number of fused-ring (bicyclic) bond motifs is 1. The number of anilines is 1. The van der Waals surface area contributed by atoms with E-state index >= 15 is 0 Å². The van der Waals surface area contributed by atoms with E-state index in [9.17, 15) is 9.90 Å². The molecule has 7 nitrogen and oxygen atoms in total. The number of methoxy groups -OCH3 is 1. The van der Waals surface area contributed by atoms with Gasteiger partial charge in [0.05, 0.1) is 24.7 Å². The third-order valence-corrected chi connectivity index (χ3v) is 6.14. The molecule has 7 heteroatoms.